The van der Waals surface area contributed by atoms with Gasteiger partial charge in [-0.25, -0.2) is 0 Å². The summed E-state index contributed by atoms with van der Waals surface area (Å²) < 4.78 is 0. The van der Waals surface area contributed by atoms with Crippen molar-refractivity contribution in [3.63, 3.8) is 0 Å². The van der Waals surface area contributed by atoms with Crippen LogP contribution in [-0.2, 0) is 0 Å². The molecule has 0 aliphatic carbocycles. The molecule has 0 saturated carbocycles. The summed E-state index contributed by atoms with van der Waals surface area (Å²) >= 11 is 0. The molecular formula is C17H29N3. The molecule has 0 spiro atoms. The van der Waals surface area contributed by atoms with Crippen molar-refractivity contribution in [1.29, 1.82) is 0 Å². The Morgan fingerprint density at radius 2 is 1.90 bits per heavy atom. The Balaban J connectivity index is 5.05. The minimum Gasteiger partial charge on any atom is -0.323 e. The van der Waals surface area contributed by atoms with Crippen LogP contribution in [0, 0.1) is 0 Å². The lowest BCUT2D eigenvalue weighted by Crippen LogP contribution is -2.05. The third-order valence-electron chi connectivity index (χ3n) is 2.92. The monoisotopic (exact) mass is 275 g/mol. The van der Waals surface area contributed by atoms with Gasteiger partial charge in [-0.2, -0.15) is 5.10 Å². The molecule has 0 amide bonds. The number of allylic oxidation sites excluding steroid dienone is 4. The van der Waals surface area contributed by atoms with Crippen LogP contribution in [0.5, 0.6) is 0 Å². The van der Waals surface area contributed by atoms with E-state index in [-0.39, 0.29) is 6.04 Å². The molecule has 0 aromatic rings. The van der Waals surface area contributed by atoms with E-state index in [0.717, 1.165) is 18.6 Å². The SMILES string of the molecule is CC/C=C/C(=C\C=C(/C)CCC)C(C)N=C/C(C)=N\N. The van der Waals surface area contributed by atoms with Crippen LogP contribution in [0.15, 0.2) is 45.5 Å². The van der Waals surface area contributed by atoms with E-state index in [1.54, 1.807) is 6.21 Å². The van der Waals surface area contributed by atoms with E-state index in [9.17, 15) is 0 Å². The standard InChI is InChI=1S/C17H29N3/c1-6-8-10-17(12-11-14(3)9-7-2)16(5)19-13-15(4)20-18/h8,10-13,16H,6-7,9,18H2,1-5H3/b10-8+,14-11+,17-12+,19-13?,20-15-. The fraction of sp³-hybridized carbons (Fsp3) is 0.529. The maximum Gasteiger partial charge on any atom is 0.0747 e. The first-order chi connectivity index (χ1) is 9.54. The molecule has 3 nitrogen and oxygen atoms in total. The van der Waals surface area contributed by atoms with Crippen LogP contribution in [0.2, 0.25) is 0 Å². The van der Waals surface area contributed by atoms with Gasteiger partial charge in [0, 0.05) is 6.21 Å². The number of hydrogen-bond donors (Lipinski definition) is 1. The van der Waals surface area contributed by atoms with Crippen molar-refractivity contribution in [3.8, 4) is 0 Å². The van der Waals surface area contributed by atoms with Gasteiger partial charge in [0.2, 0.25) is 0 Å². The predicted molar refractivity (Wildman–Crippen MR) is 91.4 cm³/mol. The van der Waals surface area contributed by atoms with E-state index >= 15 is 0 Å². The van der Waals surface area contributed by atoms with E-state index in [0.29, 0.717) is 0 Å². The van der Waals surface area contributed by atoms with Crippen LogP contribution in [0.1, 0.15) is 53.9 Å². The highest BCUT2D eigenvalue weighted by Crippen LogP contribution is 2.11. The van der Waals surface area contributed by atoms with Gasteiger partial charge in [0.15, 0.2) is 0 Å². The Morgan fingerprint density at radius 3 is 2.45 bits per heavy atom. The van der Waals surface area contributed by atoms with E-state index in [1.807, 2.05) is 6.92 Å². The molecule has 0 bridgehead atoms. The molecule has 0 saturated heterocycles. The summed E-state index contributed by atoms with van der Waals surface area (Å²) in [6, 6.07) is 0.0974. The van der Waals surface area contributed by atoms with Crippen molar-refractivity contribution in [2.75, 3.05) is 0 Å². The number of hydrogen-bond acceptors (Lipinski definition) is 3. The van der Waals surface area contributed by atoms with E-state index in [4.69, 9.17) is 5.84 Å². The molecule has 0 heterocycles. The Morgan fingerprint density at radius 1 is 1.20 bits per heavy atom. The van der Waals surface area contributed by atoms with Gasteiger partial charge in [0.25, 0.3) is 0 Å². The molecule has 1 unspecified atom stereocenters. The van der Waals surface area contributed by atoms with Crippen molar-refractivity contribution < 1.29 is 0 Å². The first-order valence-corrected chi connectivity index (χ1v) is 7.36. The Kier molecular flexibility index (Phi) is 10.3. The van der Waals surface area contributed by atoms with E-state index < -0.39 is 0 Å². The molecule has 112 valence electrons. The molecule has 0 aliphatic heterocycles. The first-order valence-electron chi connectivity index (χ1n) is 7.36. The molecule has 1 atom stereocenters. The Labute approximate surface area is 124 Å². The predicted octanol–water partition coefficient (Wildman–Crippen LogP) is 4.42. The third kappa shape index (κ3) is 8.46. The van der Waals surface area contributed by atoms with Crippen molar-refractivity contribution in [1.82, 2.24) is 0 Å². The molecule has 2 N–H and O–H groups in total. The average molecular weight is 275 g/mol. The zero-order valence-corrected chi connectivity index (χ0v) is 13.6. The van der Waals surface area contributed by atoms with Crippen LogP contribution in [0.25, 0.3) is 0 Å². The molecule has 3 heteroatoms. The maximum atomic E-state index is 5.20. The largest absolute Gasteiger partial charge is 0.323 e. The van der Waals surface area contributed by atoms with Gasteiger partial charge in [0.05, 0.1) is 11.8 Å². The number of nitrogens with two attached hydrogens (primary N) is 1. The molecule has 20 heavy (non-hydrogen) atoms. The van der Waals surface area contributed by atoms with Crippen molar-refractivity contribution in [3.05, 3.63) is 35.5 Å². The van der Waals surface area contributed by atoms with Gasteiger partial charge in [-0.1, -0.05) is 50.1 Å². The van der Waals surface area contributed by atoms with Crippen molar-refractivity contribution in [2.45, 2.75) is 59.9 Å². The minimum atomic E-state index is 0.0974. The van der Waals surface area contributed by atoms with Gasteiger partial charge >= 0.3 is 0 Å². The van der Waals surface area contributed by atoms with Crippen LogP contribution >= 0.6 is 0 Å². The second-order valence-electron chi connectivity index (χ2n) is 4.96. The number of nitrogens with zero attached hydrogens (tertiary/aromatic N) is 2. The third-order valence-corrected chi connectivity index (χ3v) is 2.92. The van der Waals surface area contributed by atoms with Gasteiger partial charge < -0.3 is 5.84 Å². The maximum absolute atomic E-state index is 5.20. The van der Waals surface area contributed by atoms with Crippen molar-refractivity contribution in [2.24, 2.45) is 15.9 Å². The van der Waals surface area contributed by atoms with Gasteiger partial charge in [-0.05, 0) is 39.2 Å². The smallest absolute Gasteiger partial charge is 0.0747 e. The van der Waals surface area contributed by atoms with Crippen LogP contribution in [0.4, 0.5) is 0 Å². The lowest BCUT2D eigenvalue weighted by Gasteiger charge is -2.07. The lowest BCUT2D eigenvalue weighted by atomic mass is 10.1. The Hall–Kier alpha value is -1.64. The van der Waals surface area contributed by atoms with Gasteiger partial charge in [0.1, 0.15) is 0 Å². The summed E-state index contributed by atoms with van der Waals surface area (Å²) in [5.41, 5.74) is 3.32. The summed E-state index contributed by atoms with van der Waals surface area (Å²) in [5.74, 6) is 5.20. The number of aliphatic imine (C=N–C) groups is 1. The molecule has 0 aromatic carbocycles. The average Bonchev–Trinajstić information content (AvgIpc) is 2.44. The number of rotatable bonds is 8. The number of hydrazone groups is 1. The van der Waals surface area contributed by atoms with E-state index in [2.05, 4.69) is 62.1 Å². The molecule has 0 fully saturated rings. The topological polar surface area (TPSA) is 50.7 Å². The second kappa shape index (κ2) is 11.2. The fourth-order valence-electron chi connectivity index (χ4n) is 1.64. The van der Waals surface area contributed by atoms with E-state index in [1.165, 1.54) is 17.6 Å². The summed E-state index contributed by atoms with van der Waals surface area (Å²) in [7, 11) is 0. The summed E-state index contributed by atoms with van der Waals surface area (Å²) in [6.45, 7) is 10.4. The normalized spacial score (nSPS) is 16.4. The van der Waals surface area contributed by atoms with Crippen LogP contribution in [-0.4, -0.2) is 18.0 Å². The van der Waals surface area contributed by atoms with Gasteiger partial charge in [-0.15, -0.1) is 0 Å². The molecule has 0 radical (unpaired) electrons. The van der Waals surface area contributed by atoms with Crippen LogP contribution < -0.4 is 5.84 Å². The molecular weight excluding hydrogens is 246 g/mol. The highest BCUT2D eigenvalue weighted by atomic mass is 15.1. The molecule has 0 rings (SSSR count). The second-order valence-corrected chi connectivity index (χ2v) is 4.96. The summed E-state index contributed by atoms with van der Waals surface area (Å²) in [4.78, 5) is 4.49. The quantitative estimate of drug-likeness (QED) is 0.303. The first kappa shape index (κ1) is 18.4. The molecule has 0 aliphatic rings. The fourth-order valence-corrected chi connectivity index (χ4v) is 1.64. The van der Waals surface area contributed by atoms with Crippen LogP contribution in [0.3, 0.4) is 0 Å². The molecule has 0 aromatic heterocycles. The minimum absolute atomic E-state index is 0.0974. The highest BCUT2D eigenvalue weighted by molar-refractivity contribution is 6.29. The zero-order chi connectivity index (χ0) is 15.4. The highest BCUT2D eigenvalue weighted by Gasteiger charge is 2.02. The van der Waals surface area contributed by atoms with Gasteiger partial charge in [-0.3, -0.25) is 4.99 Å². The Bertz CT molecular complexity index is 412. The zero-order valence-electron chi connectivity index (χ0n) is 13.6. The lowest BCUT2D eigenvalue weighted by molar-refractivity contribution is 0.887. The van der Waals surface area contributed by atoms with Crippen molar-refractivity contribution >= 4 is 11.9 Å². The summed E-state index contributed by atoms with van der Waals surface area (Å²) in [5, 5.41) is 3.60. The summed E-state index contributed by atoms with van der Waals surface area (Å²) in [6.07, 6.45) is 13.7.